The monoisotopic (exact) mass is 381 g/mol. The van der Waals surface area contributed by atoms with Gasteiger partial charge in [-0.2, -0.15) is 10.4 Å². The first kappa shape index (κ1) is 17.8. The van der Waals surface area contributed by atoms with E-state index in [9.17, 15) is 14.9 Å². The molecule has 144 valence electrons. The SMILES string of the molecule is Cn1nc(Nc2cc(N3CC[C@@](C#N)(C4CC4)C3=O)ccn2)cc1OC(N)=O. The third-order valence-electron chi connectivity index (χ3n) is 5.18. The molecule has 2 fully saturated rings. The minimum Gasteiger partial charge on any atom is -0.392 e. The van der Waals surface area contributed by atoms with Gasteiger partial charge in [-0.25, -0.2) is 14.5 Å². The molecule has 10 heteroatoms. The number of hydrogen-bond acceptors (Lipinski definition) is 7. The Balaban J connectivity index is 1.54. The van der Waals surface area contributed by atoms with Gasteiger partial charge in [0.2, 0.25) is 11.8 Å². The van der Waals surface area contributed by atoms with E-state index in [2.05, 4.69) is 21.5 Å². The highest BCUT2D eigenvalue weighted by atomic mass is 16.6. The van der Waals surface area contributed by atoms with Gasteiger partial charge >= 0.3 is 6.09 Å². The molecule has 2 aliphatic rings. The van der Waals surface area contributed by atoms with Crippen LogP contribution in [0.25, 0.3) is 0 Å². The van der Waals surface area contributed by atoms with Crippen LogP contribution < -0.4 is 20.7 Å². The molecule has 1 saturated carbocycles. The molecule has 0 spiro atoms. The van der Waals surface area contributed by atoms with Crippen molar-refractivity contribution in [3.8, 4) is 11.9 Å². The van der Waals surface area contributed by atoms with E-state index in [1.54, 1.807) is 30.3 Å². The van der Waals surface area contributed by atoms with Crippen LogP contribution >= 0.6 is 0 Å². The van der Waals surface area contributed by atoms with Crippen molar-refractivity contribution in [3.63, 3.8) is 0 Å². The number of pyridine rings is 1. The zero-order valence-electron chi connectivity index (χ0n) is 15.3. The highest BCUT2D eigenvalue weighted by molar-refractivity contribution is 6.02. The van der Waals surface area contributed by atoms with E-state index in [0.29, 0.717) is 30.3 Å². The Kier molecular flexibility index (Phi) is 4.15. The van der Waals surface area contributed by atoms with Crippen LogP contribution in [0.3, 0.4) is 0 Å². The number of carbonyl (C=O) groups is 2. The lowest BCUT2D eigenvalue weighted by atomic mass is 9.83. The largest absolute Gasteiger partial charge is 0.411 e. The molecule has 2 aromatic heterocycles. The maximum atomic E-state index is 12.9. The van der Waals surface area contributed by atoms with Crippen molar-refractivity contribution in [2.75, 3.05) is 16.8 Å². The minimum absolute atomic E-state index is 0.135. The summed E-state index contributed by atoms with van der Waals surface area (Å²) in [6.07, 6.45) is 3.07. The smallest absolute Gasteiger partial charge is 0.392 e. The lowest BCUT2D eigenvalue weighted by Gasteiger charge is -2.21. The maximum Gasteiger partial charge on any atom is 0.411 e. The Morgan fingerprint density at radius 1 is 1.43 bits per heavy atom. The van der Waals surface area contributed by atoms with Crippen molar-refractivity contribution >= 4 is 29.3 Å². The molecule has 1 aliphatic heterocycles. The lowest BCUT2D eigenvalue weighted by Crippen LogP contribution is -2.35. The predicted molar refractivity (Wildman–Crippen MR) is 98.7 cm³/mol. The maximum absolute atomic E-state index is 12.9. The molecule has 3 N–H and O–H groups in total. The number of aryl methyl sites for hydroxylation is 1. The molecule has 10 nitrogen and oxygen atoms in total. The Labute approximate surface area is 160 Å². The van der Waals surface area contributed by atoms with E-state index < -0.39 is 11.5 Å². The molecule has 3 heterocycles. The second-order valence-corrected chi connectivity index (χ2v) is 7.00. The molecular formula is C18H19N7O3. The molecule has 1 saturated heterocycles. The van der Waals surface area contributed by atoms with Gasteiger partial charge in [-0.05, 0) is 31.2 Å². The van der Waals surface area contributed by atoms with Crippen LogP contribution in [0.1, 0.15) is 19.3 Å². The zero-order chi connectivity index (χ0) is 19.9. The number of nitrogens with one attached hydrogen (secondary N) is 1. The molecule has 1 aliphatic carbocycles. The highest BCUT2D eigenvalue weighted by Crippen LogP contribution is 2.51. The van der Waals surface area contributed by atoms with Crippen molar-refractivity contribution in [3.05, 3.63) is 24.4 Å². The predicted octanol–water partition coefficient (Wildman–Crippen LogP) is 1.67. The average Bonchev–Trinajstić information content (AvgIpc) is 3.38. The lowest BCUT2D eigenvalue weighted by molar-refractivity contribution is -0.123. The van der Waals surface area contributed by atoms with Crippen molar-refractivity contribution in [1.82, 2.24) is 14.8 Å². The quantitative estimate of drug-likeness (QED) is 0.803. The standard InChI is InChI=1S/C18H19N7O3/c1-24-15(28-17(20)27)9-14(23-24)22-13-8-12(4-6-21-13)25-7-5-18(10-19,16(25)26)11-2-3-11/h4,6,8-9,11H,2-3,5,7H2,1H3,(H2,20,27)(H,21,22,23)/t18-/m1/s1. The second-order valence-electron chi connectivity index (χ2n) is 7.00. The molecule has 1 atom stereocenters. The van der Waals surface area contributed by atoms with Gasteiger partial charge in [-0.1, -0.05) is 0 Å². The van der Waals surface area contributed by atoms with E-state index in [1.165, 1.54) is 10.7 Å². The van der Waals surface area contributed by atoms with Gasteiger partial charge in [0.1, 0.15) is 11.2 Å². The Morgan fingerprint density at radius 2 is 2.21 bits per heavy atom. The van der Waals surface area contributed by atoms with Crippen molar-refractivity contribution in [2.24, 2.45) is 24.1 Å². The summed E-state index contributed by atoms with van der Waals surface area (Å²) in [7, 11) is 1.61. The van der Waals surface area contributed by atoms with Gasteiger partial charge in [0.05, 0.1) is 6.07 Å². The van der Waals surface area contributed by atoms with Crippen LogP contribution in [-0.4, -0.2) is 33.3 Å². The van der Waals surface area contributed by atoms with Crippen LogP contribution in [0, 0.1) is 22.7 Å². The third kappa shape index (κ3) is 3.00. The summed E-state index contributed by atoms with van der Waals surface area (Å²) >= 11 is 0. The Bertz CT molecular complexity index is 991. The molecule has 4 rings (SSSR count). The molecule has 0 unspecified atom stereocenters. The normalized spacial score (nSPS) is 21.4. The van der Waals surface area contributed by atoms with Crippen molar-refractivity contribution < 1.29 is 14.3 Å². The van der Waals surface area contributed by atoms with Crippen molar-refractivity contribution in [2.45, 2.75) is 19.3 Å². The third-order valence-corrected chi connectivity index (χ3v) is 5.18. The van der Waals surface area contributed by atoms with Gasteiger partial charge in [0, 0.05) is 37.6 Å². The minimum atomic E-state index is -0.932. The van der Waals surface area contributed by atoms with Gasteiger partial charge in [0.25, 0.3) is 0 Å². The van der Waals surface area contributed by atoms with Gasteiger partial charge in [-0.3, -0.25) is 4.79 Å². The van der Waals surface area contributed by atoms with Crippen LogP contribution in [0.2, 0.25) is 0 Å². The number of carbonyl (C=O) groups excluding carboxylic acids is 2. The first-order chi connectivity index (χ1) is 13.4. The fourth-order valence-corrected chi connectivity index (χ4v) is 3.63. The van der Waals surface area contributed by atoms with Crippen LogP contribution in [0.4, 0.5) is 22.1 Å². The average molecular weight is 381 g/mol. The fraction of sp³-hybridized carbons (Fsp3) is 0.389. The summed E-state index contributed by atoms with van der Waals surface area (Å²) in [6.45, 7) is 0.506. The van der Waals surface area contributed by atoms with E-state index >= 15 is 0 Å². The Morgan fingerprint density at radius 3 is 2.89 bits per heavy atom. The Hall–Kier alpha value is -3.61. The summed E-state index contributed by atoms with van der Waals surface area (Å²) in [6, 6.07) is 7.25. The highest BCUT2D eigenvalue weighted by Gasteiger charge is 2.56. The second kappa shape index (κ2) is 6.53. The number of anilines is 3. The van der Waals surface area contributed by atoms with Crippen molar-refractivity contribution in [1.29, 1.82) is 5.26 Å². The summed E-state index contributed by atoms with van der Waals surface area (Å²) < 4.78 is 6.20. The fourth-order valence-electron chi connectivity index (χ4n) is 3.63. The van der Waals surface area contributed by atoms with E-state index in [-0.39, 0.29) is 17.7 Å². The molecular weight excluding hydrogens is 362 g/mol. The topological polar surface area (TPSA) is 139 Å². The van der Waals surface area contributed by atoms with Gasteiger partial charge in [0.15, 0.2) is 5.82 Å². The first-order valence-corrected chi connectivity index (χ1v) is 8.90. The van der Waals surface area contributed by atoms with E-state index in [0.717, 1.165) is 12.8 Å². The number of hydrogen-bond donors (Lipinski definition) is 2. The van der Waals surface area contributed by atoms with Crippen LogP contribution in [0.15, 0.2) is 24.4 Å². The molecule has 0 bridgehead atoms. The summed E-state index contributed by atoms with van der Waals surface area (Å²) in [4.78, 5) is 29.7. The summed E-state index contributed by atoms with van der Waals surface area (Å²) in [5.41, 5.74) is 4.80. The molecule has 28 heavy (non-hydrogen) atoms. The van der Waals surface area contributed by atoms with Crippen LogP contribution in [-0.2, 0) is 11.8 Å². The summed E-state index contributed by atoms with van der Waals surface area (Å²) in [5.74, 6) is 1.09. The number of aromatic nitrogens is 3. The summed E-state index contributed by atoms with van der Waals surface area (Å²) in [5, 5.41) is 16.8. The molecule has 0 radical (unpaired) electrons. The zero-order valence-corrected chi connectivity index (χ0v) is 15.3. The van der Waals surface area contributed by atoms with Gasteiger partial charge < -0.3 is 20.7 Å². The van der Waals surface area contributed by atoms with E-state index in [4.69, 9.17) is 10.5 Å². The molecule has 0 aromatic carbocycles. The molecule has 2 aromatic rings. The number of nitrogens with two attached hydrogens (primary N) is 1. The number of amides is 2. The number of rotatable bonds is 5. The number of primary amides is 1. The van der Waals surface area contributed by atoms with E-state index in [1.807, 2.05) is 0 Å². The van der Waals surface area contributed by atoms with Crippen LogP contribution in [0.5, 0.6) is 5.88 Å². The molecule has 2 amide bonds. The number of nitrogens with zero attached hydrogens (tertiary/aromatic N) is 5. The first-order valence-electron chi connectivity index (χ1n) is 8.90. The number of nitriles is 1. The van der Waals surface area contributed by atoms with Gasteiger partial charge in [-0.15, -0.1) is 0 Å². The number of ether oxygens (including phenoxy) is 1.